The van der Waals surface area contributed by atoms with Crippen molar-refractivity contribution in [2.24, 2.45) is 5.41 Å². The highest BCUT2D eigenvalue weighted by molar-refractivity contribution is 7.53. The van der Waals surface area contributed by atoms with E-state index in [9.17, 15) is 20.4 Å². The van der Waals surface area contributed by atoms with Crippen LogP contribution in [0.5, 0.6) is 0 Å². The van der Waals surface area contributed by atoms with Gasteiger partial charge in [0.15, 0.2) is 0 Å². The minimum atomic E-state index is -4.64. The Morgan fingerprint density at radius 2 is 0.816 bits per heavy atom. The monoisotopic (exact) mass is 756 g/mol. The Morgan fingerprint density at radius 3 is 0.980 bits per heavy atom. The van der Waals surface area contributed by atoms with Crippen molar-refractivity contribution in [3.8, 4) is 0 Å². The highest BCUT2D eigenvalue weighted by Crippen LogP contribution is 2.51. The molecule has 16 heteroatoms. The van der Waals surface area contributed by atoms with Gasteiger partial charge in [-0.25, -0.2) is 8.88 Å². The van der Waals surface area contributed by atoms with Gasteiger partial charge in [-0.3, -0.25) is 0 Å². The Hall–Kier alpha value is -0.950. The number of benzene rings is 2. The topological polar surface area (TPSA) is 249 Å². The van der Waals surface area contributed by atoms with Crippen LogP contribution in [0.4, 0.5) is 0 Å². The second kappa shape index (κ2) is 17.7. The van der Waals surface area contributed by atoms with Crippen molar-refractivity contribution in [1.82, 2.24) is 0 Å². The molecule has 0 aliphatic carbocycles. The molecule has 0 atom stereocenters. The van der Waals surface area contributed by atoms with Gasteiger partial charge in [-0.2, -0.15) is 0 Å². The predicted octanol–water partition coefficient (Wildman–Crippen LogP) is 4.57. The summed E-state index contributed by atoms with van der Waals surface area (Å²) in [5, 5.41) is 45.2. The van der Waals surface area contributed by atoms with Crippen LogP contribution in [-0.2, 0) is 36.1 Å². The fourth-order valence-corrected chi connectivity index (χ4v) is 5.69. The zero-order valence-electron chi connectivity index (χ0n) is 30.7. The first-order valence-corrected chi connectivity index (χ1v) is 19.3. The molecule has 11 N–H and O–H groups in total. The lowest BCUT2D eigenvalue weighted by Crippen LogP contribution is -2.55. The minimum absolute atomic E-state index is 0.108. The van der Waals surface area contributed by atoms with Crippen LogP contribution in [0.15, 0.2) is 36.4 Å². The zero-order chi connectivity index (χ0) is 39.2. The predicted molar refractivity (Wildman–Crippen MR) is 192 cm³/mol. The van der Waals surface area contributed by atoms with Crippen LogP contribution < -0.4 is 0 Å². The molecule has 0 radical (unpaired) electrons. The van der Waals surface area contributed by atoms with Crippen molar-refractivity contribution in [1.29, 1.82) is 0 Å². The maximum Gasteiger partial charge on any atom is 0.466 e. The Balaban J connectivity index is 0.00000163. The number of aliphatic hydroxyl groups is 4. The van der Waals surface area contributed by atoms with Crippen LogP contribution in [0.3, 0.4) is 0 Å². The van der Waals surface area contributed by atoms with Crippen LogP contribution in [-0.4, -0.2) is 74.5 Å². The van der Waals surface area contributed by atoms with Crippen molar-refractivity contribution in [3.63, 3.8) is 0 Å². The lowest BCUT2D eigenvalue weighted by atomic mass is 9.60. The number of hydrogen-bond donors (Lipinski definition) is 11. The van der Waals surface area contributed by atoms with Crippen LogP contribution in [0, 0.1) is 5.41 Å². The molecule has 0 fully saturated rings. The summed E-state index contributed by atoms with van der Waals surface area (Å²) in [5.41, 5.74) is 0.863. The molecule has 0 unspecified atom stereocenters. The van der Waals surface area contributed by atoms with Crippen molar-refractivity contribution < 1.29 is 63.6 Å². The molecule has 2 aromatic rings. The normalized spacial score (nSPS) is 13.6. The smallest absolute Gasteiger partial charge is 0.395 e. The zero-order valence-corrected chi connectivity index (χ0v) is 33.3. The van der Waals surface area contributed by atoms with E-state index in [-0.39, 0.29) is 21.7 Å². The molecule has 284 valence electrons. The summed E-state index contributed by atoms with van der Waals surface area (Å²) in [4.78, 5) is 52.8. The van der Waals surface area contributed by atoms with Gasteiger partial charge in [-0.05, 0) is 55.0 Å². The third kappa shape index (κ3) is 13.8. The summed E-state index contributed by atoms with van der Waals surface area (Å²) in [5.74, 6) is 0. The first kappa shape index (κ1) is 48.0. The molecule has 0 aliphatic rings. The van der Waals surface area contributed by atoms with E-state index in [1.54, 1.807) is 0 Å². The van der Waals surface area contributed by atoms with Gasteiger partial charge in [0.2, 0.25) is 0 Å². The molecule has 0 spiro atoms. The van der Waals surface area contributed by atoms with Crippen LogP contribution in [0.1, 0.15) is 116 Å². The largest absolute Gasteiger partial charge is 0.466 e. The van der Waals surface area contributed by atoms with Crippen LogP contribution in [0.25, 0.3) is 0 Å². The lowest BCUT2D eigenvalue weighted by Gasteiger charge is -2.49. The Bertz CT molecular complexity index is 1280. The van der Waals surface area contributed by atoms with E-state index in [4.69, 9.17) is 38.8 Å². The van der Waals surface area contributed by atoms with Gasteiger partial charge in [0, 0.05) is 0 Å². The molecule has 0 heterocycles. The van der Waals surface area contributed by atoms with Crippen LogP contribution >= 0.6 is 25.0 Å². The van der Waals surface area contributed by atoms with E-state index in [1.807, 2.05) is 24.3 Å². The summed E-state index contributed by atoms with van der Waals surface area (Å²) < 4.78 is 12.5. The highest BCUT2D eigenvalue weighted by Gasteiger charge is 2.55. The summed E-state index contributed by atoms with van der Waals surface area (Å²) in [6, 6.07) is 12.2. The van der Waals surface area contributed by atoms with E-state index in [1.165, 1.54) is 0 Å². The molecule has 0 aliphatic heterocycles. The van der Waals surface area contributed by atoms with E-state index < -0.39 is 55.9 Å². The van der Waals surface area contributed by atoms with Gasteiger partial charge in [-0.15, -0.1) is 0 Å². The number of hydrogen-bond acceptors (Lipinski definition) is 10. The lowest BCUT2D eigenvalue weighted by molar-refractivity contribution is -0.137. The Labute approximate surface area is 293 Å². The molecule has 0 saturated carbocycles. The second-order valence-electron chi connectivity index (χ2n) is 16.1. The molecule has 2 aromatic carbocycles. The van der Waals surface area contributed by atoms with Gasteiger partial charge in [0.1, 0.15) is 5.60 Å². The molecule has 13 nitrogen and oxygen atoms in total. The van der Waals surface area contributed by atoms with Crippen LogP contribution in [0.2, 0.25) is 0 Å². The highest BCUT2D eigenvalue weighted by atomic mass is 31.2. The summed E-state index contributed by atoms with van der Waals surface area (Å²) in [7, 11) is -9.86. The summed E-state index contributed by atoms with van der Waals surface area (Å²) in [6.07, 6.45) is 0. The summed E-state index contributed by atoms with van der Waals surface area (Å²) >= 11 is 0. The molecule has 2 rings (SSSR count). The Morgan fingerprint density at radius 1 is 0.551 bits per heavy atom. The van der Waals surface area contributed by atoms with Crippen molar-refractivity contribution in [2.45, 2.75) is 110 Å². The standard InChI is InChI=1S/C33H52O4.H4O5P2.H3O4P/c1-28(2,3)22-13-15-24(26(17-22)30(7,8)9)33(37,32(19-34,20-35)21-36)25-16-14-23(29(4,5)6)18-27(25)31(10,11)12;1-6(2)5-7(3)4;1-5(2,3)4/h13-18,34-37H,19-21H2,1-12H3;1-4H;(H3,1,2,3,4). The van der Waals surface area contributed by atoms with E-state index in [0.29, 0.717) is 11.1 Å². The quantitative estimate of drug-likeness (QED) is 0.165. The number of aliphatic hydroxyl groups excluding tert-OH is 3. The molecular formula is C33H59O13P3. The van der Waals surface area contributed by atoms with Gasteiger partial charge >= 0.3 is 25.0 Å². The number of rotatable bonds is 8. The molecule has 0 aromatic heterocycles. The third-order valence-electron chi connectivity index (χ3n) is 7.99. The average molecular weight is 757 g/mol. The van der Waals surface area contributed by atoms with E-state index in [2.05, 4.69) is 99.5 Å². The van der Waals surface area contributed by atoms with Gasteiger partial charge < -0.3 is 54.7 Å². The maximum absolute atomic E-state index is 13.1. The minimum Gasteiger partial charge on any atom is -0.395 e. The van der Waals surface area contributed by atoms with Crippen molar-refractivity contribution in [3.05, 3.63) is 69.8 Å². The van der Waals surface area contributed by atoms with Crippen molar-refractivity contribution >= 4 is 25.0 Å². The van der Waals surface area contributed by atoms with E-state index in [0.717, 1.165) is 22.3 Å². The molecule has 0 bridgehead atoms. The maximum atomic E-state index is 13.1. The SMILES string of the molecule is CC(C)(C)c1ccc(C(O)(c2ccc(C(C)(C)C)cc2C(C)(C)C)C(CO)(CO)CO)c(C(C)(C)C)c1.O=P(O)(O)O.OP(O)OP(O)O. The Kier molecular flexibility index (Phi) is 17.4. The third-order valence-corrected chi connectivity index (χ3v) is 9.16. The van der Waals surface area contributed by atoms with Crippen molar-refractivity contribution in [2.75, 3.05) is 19.8 Å². The van der Waals surface area contributed by atoms with E-state index >= 15 is 0 Å². The number of phosphoric acid groups is 1. The van der Waals surface area contributed by atoms with Gasteiger partial charge in [-0.1, -0.05) is 119 Å². The second-order valence-corrected chi connectivity index (χ2v) is 18.8. The average Bonchev–Trinajstić information content (AvgIpc) is 2.90. The molecule has 0 amide bonds. The fourth-order valence-electron chi connectivity index (χ4n) is 5.17. The first-order valence-electron chi connectivity index (χ1n) is 15.4. The van der Waals surface area contributed by atoms with Gasteiger partial charge in [0.25, 0.3) is 0 Å². The molecule has 49 heavy (non-hydrogen) atoms. The molecular weight excluding hydrogens is 697 g/mol. The first-order chi connectivity index (χ1) is 21.7. The van der Waals surface area contributed by atoms with Gasteiger partial charge in [0.05, 0.1) is 25.2 Å². The molecule has 0 saturated heterocycles. The fraction of sp³-hybridized carbons (Fsp3) is 0.636. The summed E-state index contributed by atoms with van der Waals surface area (Å²) in [6.45, 7) is 23.8.